The van der Waals surface area contributed by atoms with Crippen LogP contribution >= 0.6 is 0 Å². The fourth-order valence-electron chi connectivity index (χ4n) is 10.9. The first-order chi connectivity index (χ1) is 37.5. The first-order valence-corrected chi connectivity index (χ1v) is 34.6. The standard InChI is InChI=1S/C70H135NO5/c1-3-5-7-9-11-13-15-16-17-18-19-27-30-33-36-39-43-46-50-54-58-62-68(73)67(66-72)71-69(74)63-59-55-51-47-44-40-37-34-31-28-25-23-21-20-22-24-26-29-32-35-38-41-45-49-53-57-61-65-76-70(75)64-60-56-52-48-42-14-12-10-8-6-4-2/h10,12,20-21,67-68,72-73H,3-9,11,13-19,22-66H2,1-2H3,(H,71,74)/b12-10-,21-20-. The Hall–Kier alpha value is -1.66. The predicted molar refractivity (Wildman–Crippen MR) is 333 cm³/mol. The fourth-order valence-corrected chi connectivity index (χ4v) is 10.9. The molecule has 0 saturated heterocycles. The maximum atomic E-state index is 12.5. The molecule has 0 radical (unpaired) electrons. The van der Waals surface area contributed by atoms with Crippen molar-refractivity contribution in [3.05, 3.63) is 24.3 Å². The highest BCUT2D eigenvalue weighted by Gasteiger charge is 2.20. The molecule has 0 aromatic heterocycles. The van der Waals surface area contributed by atoms with E-state index in [1.807, 2.05) is 0 Å². The van der Waals surface area contributed by atoms with Gasteiger partial charge in [0, 0.05) is 12.8 Å². The lowest BCUT2D eigenvalue weighted by Crippen LogP contribution is -2.45. The molecule has 0 aromatic carbocycles. The molecule has 0 fully saturated rings. The zero-order valence-corrected chi connectivity index (χ0v) is 51.5. The van der Waals surface area contributed by atoms with E-state index in [4.69, 9.17) is 4.74 Å². The van der Waals surface area contributed by atoms with Crippen molar-refractivity contribution in [2.45, 2.75) is 398 Å². The summed E-state index contributed by atoms with van der Waals surface area (Å²) in [4.78, 5) is 24.5. The van der Waals surface area contributed by atoms with E-state index in [9.17, 15) is 19.8 Å². The van der Waals surface area contributed by atoms with Gasteiger partial charge in [-0.05, 0) is 70.6 Å². The average molecular weight is 1070 g/mol. The minimum absolute atomic E-state index is 0.00458. The second-order valence-electron chi connectivity index (χ2n) is 23.9. The Kier molecular flexibility index (Phi) is 64.4. The Bertz CT molecular complexity index is 1190. The summed E-state index contributed by atoms with van der Waals surface area (Å²) >= 11 is 0. The molecule has 6 heteroatoms. The number of carbonyl (C=O) groups excluding carboxylic acids is 2. The average Bonchev–Trinajstić information content (AvgIpc) is 3.42. The highest BCUT2D eigenvalue weighted by Crippen LogP contribution is 2.19. The summed E-state index contributed by atoms with van der Waals surface area (Å²) in [6.07, 6.45) is 82.2. The summed E-state index contributed by atoms with van der Waals surface area (Å²) in [5.41, 5.74) is 0. The molecule has 450 valence electrons. The molecule has 2 unspecified atom stereocenters. The van der Waals surface area contributed by atoms with Gasteiger partial charge >= 0.3 is 5.97 Å². The lowest BCUT2D eigenvalue weighted by Gasteiger charge is -2.22. The van der Waals surface area contributed by atoms with Crippen LogP contribution in [0.4, 0.5) is 0 Å². The molecular formula is C70H135NO5. The number of ether oxygens (including phenoxy) is 1. The SMILES string of the molecule is CCCC/C=C\CCCCCCCC(=O)OCCCCCCCCCCCCCC/C=C\CCCCCCCCCCCCCC(=O)NC(CO)C(O)CCCCCCCCCCCCCCCCCCCCCCC. The van der Waals surface area contributed by atoms with Crippen LogP contribution in [0.5, 0.6) is 0 Å². The van der Waals surface area contributed by atoms with Crippen LogP contribution in [0.3, 0.4) is 0 Å². The molecule has 0 heterocycles. The summed E-state index contributed by atoms with van der Waals surface area (Å²) in [6, 6.07) is -0.543. The minimum Gasteiger partial charge on any atom is -0.466 e. The molecule has 1 amide bonds. The molecule has 0 aromatic rings. The first-order valence-electron chi connectivity index (χ1n) is 34.6. The fraction of sp³-hybridized carbons (Fsp3) is 0.914. The monoisotopic (exact) mass is 1070 g/mol. The third-order valence-corrected chi connectivity index (χ3v) is 16.2. The Labute approximate surface area is 475 Å². The topological polar surface area (TPSA) is 95.9 Å². The number of allylic oxidation sites excluding steroid dienone is 4. The van der Waals surface area contributed by atoms with E-state index >= 15 is 0 Å². The van der Waals surface area contributed by atoms with Crippen molar-refractivity contribution in [1.82, 2.24) is 5.32 Å². The summed E-state index contributed by atoms with van der Waals surface area (Å²) in [7, 11) is 0. The van der Waals surface area contributed by atoms with E-state index in [0.717, 1.165) is 44.9 Å². The van der Waals surface area contributed by atoms with Crippen molar-refractivity contribution < 1.29 is 24.5 Å². The Morgan fingerprint density at radius 3 is 0.974 bits per heavy atom. The van der Waals surface area contributed by atoms with Crippen LogP contribution in [-0.4, -0.2) is 47.4 Å². The van der Waals surface area contributed by atoms with E-state index in [0.29, 0.717) is 25.9 Å². The largest absolute Gasteiger partial charge is 0.466 e. The van der Waals surface area contributed by atoms with Crippen molar-refractivity contribution in [2.24, 2.45) is 0 Å². The van der Waals surface area contributed by atoms with Crippen LogP contribution in [0.1, 0.15) is 386 Å². The van der Waals surface area contributed by atoms with Crippen LogP contribution in [0.25, 0.3) is 0 Å². The molecule has 0 aliphatic carbocycles. The minimum atomic E-state index is -0.666. The number of aliphatic hydroxyl groups is 2. The predicted octanol–water partition coefficient (Wildman–Crippen LogP) is 22.1. The lowest BCUT2D eigenvalue weighted by atomic mass is 10.0. The lowest BCUT2D eigenvalue weighted by molar-refractivity contribution is -0.143. The van der Waals surface area contributed by atoms with Crippen LogP contribution in [0.15, 0.2) is 24.3 Å². The zero-order chi connectivity index (χ0) is 55.0. The van der Waals surface area contributed by atoms with Gasteiger partial charge in [0.25, 0.3) is 0 Å². The molecule has 0 saturated carbocycles. The van der Waals surface area contributed by atoms with Crippen LogP contribution in [0.2, 0.25) is 0 Å². The number of amides is 1. The molecule has 76 heavy (non-hydrogen) atoms. The molecule has 0 aliphatic heterocycles. The molecule has 3 N–H and O–H groups in total. The summed E-state index contributed by atoms with van der Waals surface area (Å²) in [5, 5.41) is 23.4. The van der Waals surface area contributed by atoms with Crippen LogP contribution < -0.4 is 5.32 Å². The van der Waals surface area contributed by atoms with Gasteiger partial charge in [0.2, 0.25) is 5.91 Å². The number of unbranched alkanes of at least 4 members (excludes halogenated alkanes) is 50. The van der Waals surface area contributed by atoms with Gasteiger partial charge in [0.1, 0.15) is 0 Å². The second kappa shape index (κ2) is 65.9. The first kappa shape index (κ1) is 74.3. The van der Waals surface area contributed by atoms with Gasteiger partial charge in [-0.15, -0.1) is 0 Å². The number of hydrogen-bond donors (Lipinski definition) is 3. The van der Waals surface area contributed by atoms with Crippen molar-refractivity contribution in [3.8, 4) is 0 Å². The summed E-state index contributed by atoms with van der Waals surface area (Å²) < 4.78 is 5.46. The smallest absolute Gasteiger partial charge is 0.305 e. The van der Waals surface area contributed by atoms with E-state index < -0.39 is 12.1 Å². The Morgan fingerprint density at radius 1 is 0.355 bits per heavy atom. The van der Waals surface area contributed by atoms with Gasteiger partial charge in [-0.25, -0.2) is 0 Å². The normalized spacial score (nSPS) is 12.6. The summed E-state index contributed by atoms with van der Waals surface area (Å²) in [6.45, 7) is 4.95. The van der Waals surface area contributed by atoms with Crippen LogP contribution in [0, 0.1) is 0 Å². The maximum Gasteiger partial charge on any atom is 0.305 e. The number of esters is 1. The Balaban J connectivity index is 3.39. The van der Waals surface area contributed by atoms with E-state index in [2.05, 4.69) is 43.5 Å². The maximum absolute atomic E-state index is 12.5. The van der Waals surface area contributed by atoms with Crippen molar-refractivity contribution in [1.29, 1.82) is 0 Å². The molecule has 0 spiro atoms. The molecule has 0 rings (SSSR count). The number of nitrogens with one attached hydrogen (secondary N) is 1. The number of carbonyl (C=O) groups is 2. The highest BCUT2D eigenvalue weighted by molar-refractivity contribution is 5.76. The second-order valence-corrected chi connectivity index (χ2v) is 23.9. The van der Waals surface area contributed by atoms with Gasteiger partial charge in [-0.1, -0.05) is 327 Å². The molecule has 0 aliphatic rings. The number of rotatable bonds is 65. The van der Waals surface area contributed by atoms with Gasteiger partial charge in [0.15, 0.2) is 0 Å². The van der Waals surface area contributed by atoms with Gasteiger partial charge < -0.3 is 20.3 Å². The van der Waals surface area contributed by atoms with Crippen molar-refractivity contribution in [2.75, 3.05) is 13.2 Å². The van der Waals surface area contributed by atoms with Gasteiger partial charge in [-0.3, -0.25) is 9.59 Å². The molecule has 2 atom stereocenters. The van der Waals surface area contributed by atoms with E-state index in [-0.39, 0.29) is 18.5 Å². The summed E-state index contributed by atoms with van der Waals surface area (Å²) in [5.74, 6) is -0.0270. The molecular weight excluding hydrogens is 935 g/mol. The molecule has 0 bridgehead atoms. The Morgan fingerprint density at radius 2 is 0.632 bits per heavy atom. The quantitative estimate of drug-likeness (QED) is 0.0320. The number of aliphatic hydroxyl groups excluding tert-OH is 2. The third kappa shape index (κ3) is 61.6. The van der Waals surface area contributed by atoms with E-state index in [1.54, 1.807) is 0 Å². The number of hydrogen-bond acceptors (Lipinski definition) is 5. The molecule has 6 nitrogen and oxygen atoms in total. The van der Waals surface area contributed by atoms with Crippen LogP contribution in [-0.2, 0) is 14.3 Å². The van der Waals surface area contributed by atoms with Gasteiger partial charge in [0.05, 0.1) is 25.4 Å². The zero-order valence-electron chi connectivity index (χ0n) is 51.5. The van der Waals surface area contributed by atoms with Crippen molar-refractivity contribution >= 4 is 11.9 Å². The highest BCUT2D eigenvalue weighted by atomic mass is 16.5. The third-order valence-electron chi connectivity index (χ3n) is 16.2. The van der Waals surface area contributed by atoms with E-state index in [1.165, 1.54) is 308 Å². The van der Waals surface area contributed by atoms with Gasteiger partial charge in [-0.2, -0.15) is 0 Å². The van der Waals surface area contributed by atoms with Crippen molar-refractivity contribution in [3.63, 3.8) is 0 Å².